The van der Waals surface area contributed by atoms with E-state index in [-0.39, 0.29) is 59.1 Å². The molecule has 0 radical (unpaired) electrons. The molecule has 0 saturated carbocycles. The van der Waals surface area contributed by atoms with Gasteiger partial charge in [-0.15, -0.1) is 0 Å². The van der Waals surface area contributed by atoms with Crippen molar-refractivity contribution in [2.75, 3.05) is 0 Å². The van der Waals surface area contributed by atoms with Gasteiger partial charge in [-0.1, -0.05) is 0 Å². The molecule has 8 heteroatoms. The Bertz CT molecular complexity index is 231. The van der Waals surface area contributed by atoms with Gasteiger partial charge in [0.25, 0.3) is 0 Å². The summed E-state index contributed by atoms with van der Waals surface area (Å²) in [6.45, 7) is 2.29. The van der Waals surface area contributed by atoms with Gasteiger partial charge < -0.3 is 9.11 Å². The van der Waals surface area contributed by atoms with Gasteiger partial charge >= 0.3 is 162 Å². The van der Waals surface area contributed by atoms with E-state index in [0.29, 0.717) is 0 Å². The zero-order valence-corrected chi connectivity index (χ0v) is 20.6. The van der Waals surface area contributed by atoms with Gasteiger partial charge in [0.05, 0.1) is 0 Å². The molecule has 20 heavy (non-hydrogen) atoms. The largest absolute Gasteiger partial charge is 1.00 e. The van der Waals surface area contributed by atoms with Crippen LogP contribution >= 0.6 is 0 Å². The fraction of sp³-hybridized carbons (Fsp3) is 1.00. The SMILES string of the molecule is CCCCCCCCCCC[CH2][Na].O=S(=O)([O-])[O-].[Na+].[Na+]. The van der Waals surface area contributed by atoms with E-state index in [1.54, 1.807) is 0 Å². The average Bonchev–Trinajstić information content (AvgIpc) is 2.25. The topological polar surface area (TPSA) is 80.3 Å². The molecule has 0 aliphatic rings. The average molecular weight is 334 g/mol. The van der Waals surface area contributed by atoms with Crippen molar-refractivity contribution in [3.8, 4) is 0 Å². The first kappa shape index (κ1) is 30.7. The van der Waals surface area contributed by atoms with Gasteiger partial charge in [-0.2, -0.15) is 0 Å². The summed E-state index contributed by atoms with van der Waals surface area (Å²) in [6.07, 6.45) is 14.7. The van der Waals surface area contributed by atoms with Gasteiger partial charge in [0.15, 0.2) is 0 Å². The van der Waals surface area contributed by atoms with Crippen LogP contribution in [0.4, 0.5) is 0 Å². The Morgan fingerprint density at radius 3 is 1.25 bits per heavy atom. The van der Waals surface area contributed by atoms with E-state index in [2.05, 4.69) is 6.92 Å². The first-order valence-electron chi connectivity index (χ1n) is 7.08. The summed E-state index contributed by atoms with van der Waals surface area (Å²) in [6, 6.07) is 0. The van der Waals surface area contributed by atoms with Crippen LogP contribution in [0.2, 0.25) is 3.67 Å². The maximum Gasteiger partial charge on any atom is 1.00 e. The van der Waals surface area contributed by atoms with E-state index < -0.39 is 10.4 Å². The molecule has 0 rings (SSSR count). The first-order valence-corrected chi connectivity index (χ1v) is 9.83. The third-order valence-corrected chi connectivity index (χ3v) is 3.41. The monoisotopic (exact) mass is 334 g/mol. The maximum absolute atomic E-state index is 8.52. The third-order valence-electron chi connectivity index (χ3n) is 2.71. The molecular weight excluding hydrogens is 309 g/mol. The van der Waals surface area contributed by atoms with Crippen molar-refractivity contribution in [2.24, 2.45) is 0 Å². The summed E-state index contributed by atoms with van der Waals surface area (Å²) in [5.41, 5.74) is 0. The van der Waals surface area contributed by atoms with Crippen LogP contribution in [0.25, 0.3) is 0 Å². The van der Waals surface area contributed by atoms with Crippen molar-refractivity contribution >= 4 is 38.3 Å². The smallest absolute Gasteiger partial charge is 0.759 e. The zero-order chi connectivity index (χ0) is 14.3. The fourth-order valence-corrected chi connectivity index (χ4v) is 2.24. The van der Waals surface area contributed by atoms with Crippen molar-refractivity contribution < 1.29 is 76.6 Å². The van der Waals surface area contributed by atoms with E-state index >= 15 is 0 Å². The van der Waals surface area contributed by atoms with Crippen molar-refractivity contribution in [3.63, 3.8) is 0 Å². The van der Waals surface area contributed by atoms with Crippen LogP contribution < -0.4 is 59.1 Å². The van der Waals surface area contributed by atoms with Crippen LogP contribution in [-0.2, 0) is 10.4 Å². The molecular formula is C12H25Na3O4S. The molecule has 0 unspecified atom stereocenters. The second kappa shape index (κ2) is 24.1. The Labute approximate surface area is 187 Å². The van der Waals surface area contributed by atoms with Crippen molar-refractivity contribution in [2.45, 2.75) is 74.8 Å². The summed E-state index contributed by atoms with van der Waals surface area (Å²) in [7, 11) is -5.17. The first-order chi connectivity index (χ1) is 8.41. The molecule has 0 saturated heterocycles. The molecule has 4 nitrogen and oxygen atoms in total. The molecule has 0 bridgehead atoms. The third kappa shape index (κ3) is 49.7. The van der Waals surface area contributed by atoms with Gasteiger partial charge in [-0.25, -0.2) is 0 Å². The van der Waals surface area contributed by atoms with Crippen LogP contribution in [-0.4, -0.2) is 45.5 Å². The second-order valence-corrected chi connectivity index (χ2v) is 6.41. The fourth-order valence-electron chi connectivity index (χ4n) is 1.74. The minimum absolute atomic E-state index is 0. The number of hydrogen-bond donors (Lipinski definition) is 0. The Morgan fingerprint density at radius 2 is 1.00 bits per heavy atom. The molecule has 0 aliphatic carbocycles. The number of rotatable bonds is 10. The van der Waals surface area contributed by atoms with Crippen LogP contribution in [0, 0.1) is 0 Å². The molecule has 0 aromatic rings. The van der Waals surface area contributed by atoms with E-state index in [0.717, 1.165) is 0 Å². The van der Waals surface area contributed by atoms with Crippen molar-refractivity contribution in [1.29, 1.82) is 0 Å². The molecule has 0 amide bonds. The predicted molar refractivity (Wildman–Crippen MR) is 72.9 cm³/mol. The zero-order valence-electron chi connectivity index (χ0n) is 13.8. The Balaban J connectivity index is -0.000000158. The Morgan fingerprint density at radius 1 is 0.750 bits per heavy atom. The van der Waals surface area contributed by atoms with Gasteiger partial charge in [0.2, 0.25) is 0 Å². The molecule has 0 spiro atoms. The van der Waals surface area contributed by atoms with Crippen LogP contribution in [0.3, 0.4) is 0 Å². The predicted octanol–water partition coefficient (Wildman–Crippen LogP) is -2.84. The summed E-state index contributed by atoms with van der Waals surface area (Å²) < 4.78 is 35.6. The summed E-state index contributed by atoms with van der Waals surface area (Å²) in [4.78, 5) is 0. The summed E-state index contributed by atoms with van der Waals surface area (Å²) in [5, 5.41) is 0. The summed E-state index contributed by atoms with van der Waals surface area (Å²) in [5.74, 6) is 0. The molecule has 106 valence electrons. The van der Waals surface area contributed by atoms with E-state index in [9.17, 15) is 0 Å². The maximum atomic E-state index is 8.52. The Hall–Kier alpha value is 2.87. The van der Waals surface area contributed by atoms with E-state index in [1.165, 1.54) is 95.8 Å². The molecule has 0 aromatic carbocycles. The van der Waals surface area contributed by atoms with Gasteiger partial charge in [0, 0.05) is 10.4 Å². The molecule has 0 fully saturated rings. The van der Waals surface area contributed by atoms with Crippen molar-refractivity contribution in [3.05, 3.63) is 0 Å². The minimum Gasteiger partial charge on any atom is -0.759 e. The number of unbranched alkanes of at least 4 members (excludes halogenated alkanes) is 9. The Kier molecular flexibility index (Phi) is 37.1. The van der Waals surface area contributed by atoms with E-state index in [1.807, 2.05) is 0 Å². The van der Waals surface area contributed by atoms with Crippen molar-refractivity contribution in [1.82, 2.24) is 0 Å². The van der Waals surface area contributed by atoms with Crippen LogP contribution in [0.5, 0.6) is 0 Å². The molecule has 0 aliphatic heterocycles. The quantitative estimate of drug-likeness (QED) is 0.187. The molecule has 0 aromatic heterocycles. The van der Waals surface area contributed by atoms with Crippen LogP contribution in [0.1, 0.15) is 71.1 Å². The van der Waals surface area contributed by atoms with Gasteiger partial charge in [-0.3, -0.25) is 8.42 Å². The molecule has 0 heterocycles. The summed E-state index contributed by atoms with van der Waals surface area (Å²) >= 11 is 1.41. The number of hydrogen-bond acceptors (Lipinski definition) is 4. The molecule has 0 atom stereocenters. The van der Waals surface area contributed by atoms with Gasteiger partial charge in [-0.05, 0) is 0 Å². The standard InChI is InChI=1S/C12H25.3Na.H2O4S/c1-3-5-7-9-11-12-10-8-6-4-2;;;;1-5(2,3)4/h1,3-12H2,2H3;;;;(H2,1,2,3,4)/q;;2*+1;/p-2. The normalized spacial score (nSPS) is 9.85. The van der Waals surface area contributed by atoms with Gasteiger partial charge in [0.1, 0.15) is 0 Å². The minimum atomic E-state index is -5.17. The second-order valence-electron chi connectivity index (χ2n) is 4.59. The van der Waals surface area contributed by atoms with E-state index in [4.69, 9.17) is 17.5 Å². The van der Waals surface area contributed by atoms with Crippen LogP contribution in [0.15, 0.2) is 0 Å². The molecule has 0 N–H and O–H groups in total.